The monoisotopic (exact) mass is 450 g/mol. The van der Waals surface area contributed by atoms with Crippen LogP contribution in [0.1, 0.15) is 56.9 Å². The number of nitrogens with two attached hydrogens (primary N) is 1. The van der Waals surface area contributed by atoms with Crippen molar-refractivity contribution in [3.05, 3.63) is 28.2 Å². The molecule has 0 unspecified atom stereocenters. The largest absolute Gasteiger partial charge is 0.350 e. The Balaban J connectivity index is 1.68. The minimum Gasteiger partial charge on any atom is -0.350 e. The van der Waals surface area contributed by atoms with Crippen LogP contribution in [0.15, 0.2) is 18.2 Å². The molecule has 2 amide bonds. The Morgan fingerprint density at radius 1 is 1.27 bits per heavy atom. The molecule has 0 saturated heterocycles. The summed E-state index contributed by atoms with van der Waals surface area (Å²) in [6, 6.07) is 4.79. The Labute approximate surface area is 187 Å². The number of nitrogens with one attached hydrogen (secondary N) is 2. The maximum absolute atomic E-state index is 13.1. The van der Waals surface area contributed by atoms with E-state index < -0.39 is 6.04 Å². The van der Waals surface area contributed by atoms with Gasteiger partial charge in [0.25, 0.3) is 0 Å². The average molecular weight is 451 g/mol. The third-order valence-corrected chi connectivity index (χ3v) is 7.00. The summed E-state index contributed by atoms with van der Waals surface area (Å²) in [4.78, 5) is 29.7. The van der Waals surface area contributed by atoms with E-state index in [1.165, 1.54) is 43.4 Å². The molecule has 164 valence electrons. The van der Waals surface area contributed by atoms with Crippen LogP contribution in [0.25, 0.3) is 10.2 Å². The van der Waals surface area contributed by atoms with Crippen LogP contribution in [0.4, 0.5) is 0 Å². The molecule has 0 bridgehead atoms. The maximum Gasteiger partial charge on any atom is 0.243 e. The molecule has 4 N–H and O–H groups in total. The number of hydrogen-bond donors (Lipinski definition) is 3. The topological polar surface area (TPSA) is 97.1 Å². The third kappa shape index (κ3) is 6.40. The van der Waals surface area contributed by atoms with Gasteiger partial charge in [0.1, 0.15) is 6.04 Å². The molecular formula is C22H31ClN4O2S. The fourth-order valence-corrected chi connectivity index (χ4v) is 5.34. The van der Waals surface area contributed by atoms with Gasteiger partial charge in [-0.15, -0.1) is 11.3 Å². The fraction of sp³-hybridized carbons (Fsp3) is 0.591. The number of benzene rings is 1. The Morgan fingerprint density at radius 3 is 2.73 bits per heavy atom. The number of thiazole rings is 1. The SMILES string of the molecule is CCC(=O)N[C@@H](Cc1nc2ccc(Cl)cc2s1)C(=O)N[C@H](CN)CC1CCCCC1. The molecule has 1 aliphatic rings. The molecule has 2 aromatic rings. The Hall–Kier alpha value is -1.70. The second kappa shape index (κ2) is 11.1. The summed E-state index contributed by atoms with van der Waals surface area (Å²) in [5.41, 5.74) is 6.80. The zero-order valence-electron chi connectivity index (χ0n) is 17.5. The summed E-state index contributed by atoms with van der Waals surface area (Å²) in [7, 11) is 0. The highest BCUT2D eigenvalue weighted by molar-refractivity contribution is 7.18. The van der Waals surface area contributed by atoms with Crippen molar-refractivity contribution >= 4 is 45.0 Å². The summed E-state index contributed by atoms with van der Waals surface area (Å²) in [5.74, 6) is 0.265. The molecule has 1 saturated carbocycles. The molecule has 1 aliphatic carbocycles. The molecule has 1 aromatic carbocycles. The van der Waals surface area contributed by atoms with Crippen molar-refractivity contribution in [3.8, 4) is 0 Å². The zero-order valence-corrected chi connectivity index (χ0v) is 19.0. The Morgan fingerprint density at radius 2 is 2.03 bits per heavy atom. The molecule has 0 radical (unpaired) electrons. The molecule has 1 aromatic heterocycles. The van der Waals surface area contributed by atoms with Crippen LogP contribution >= 0.6 is 22.9 Å². The summed E-state index contributed by atoms with van der Waals surface area (Å²) >= 11 is 7.56. The van der Waals surface area contributed by atoms with Gasteiger partial charge in [0.15, 0.2) is 0 Å². The van der Waals surface area contributed by atoms with Gasteiger partial charge in [-0.25, -0.2) is 4.98 Å². The molecule has 2 atom stereocenters. The molecule has 0 spiro atoms. The lowest BCUT2D eigenvalue weighted by molar-refractivity contribution is -0.129. The quantitative estimate of drug-likeness (QED) is 0.541. The van der Waals surface area contributed by atoms with Gasteiger partial charge in [0.2, 0.25) is 11.8 Å². The summed E-state index contributed by atoms with van der Waals surface area (Å²) in [6.07, 6.45) is 7.79. The lowest BCUT2D eigenvalue weighted by atomic mass is 9.85. The van der Waals surface area contributed by atoms with Crippen LogP contribution in [0.5, 0.6) is 0 Å². The summed E-state index contributed by atoms with van der Waals surface area (Å²) in [6.45, 7) is 2.17. The number of hydrogen-bond acceptors (Lipinski definition) is 5. The van der Waals surface area contributed by atoms with Crippen molar-refractivity contribution in [1.82, 2.24) is 15.6 Å². The highest BCUT2D eigenvalue weighted by Gasteiger charge is 2.26. The lowest BCUT2D eigenvalue weighted by Gasteiger charge is -2.28. The van der Waals surface area contributed by atoms with Crippen molar-refractivity contribution in [3.63, 3.8) is 0 Å². The van der Waals surface area contributed by atoms with Gasteiger partial charge in [-0.05, 0) is 30.5 Å². The van der Waals surface area contributed by atoms with E-state index in [1.807, 2.05) is 12.1 Å². The van der Waals surface area contributed by atoms with Crippen LogP contribution in [-0.2, 0) is 16.0 Å². The van der Waals surface area contributed by atoms with Crippen molar-refractivity contribution in [1.29, 1.82) is 0 Å². The minimum atomic E-state index is -0.672. The number of rotatable bonds is 9. The number of carbonyl (C=O) groups excluding carboxylic acids is 2. The molecule has 1 heterocycles. The molecule has 1 fully saturated rings. The van der Waals surface area contributed by atoms with Crippen LogP contribution < -0.4 is 16.4 Å². The summed E-state index contributed by atoms with van der Waals surface area (Å²) in [5, 5.41) is 7.38. The number of carbonyl (C=O) groups is 2. The molecule has 8 heteroatoms. The van der Waals surface area contributed by atoms with Gasteiger partial charge >= 0.3 is 0 Å². The van der Waals surface area contributed by atoms with E-state index in [9.17, 15) is 9.59 Å². The van der Waals surface area contributed by atoms with Crippen molar-refractivity contribution < 1.29 is 9.59 Å². The lowest BCUT2D eigenvalue weighted by Crippen LogP contribution is -2.52. The van der Waals surface area contributed by atoms with E-state index in [4.69, 9.17) is 17.3 Å². The van der Waals surface area contributed by atoms with E-state index in [0.29, 0.717) is 30.3 Å². The standard InChI is InChI=1S/C22H31ClN4O2S/c1-2-20(28)26-18(12-21-27-17-9-8-15(23)11-19(17)30-21)22(29)25-16(13-24)10-14-6-4-3-5-7-14/h8-9,11,14,16,18H,2-7,10,12-13,24H2,1H3,(H,25,29)(H,26,28)/t16-,18-/m0/s1. The van der Waals surface area contributed by atoms with Gasteiger partial charge in [-0.1, -0.05) is 50.6 Å². The predicted molar refractivity (Wildman–Crippen MR) is 123 cm³/mol. The first-order valence-electron chi connectivity index (χ1n) is 10.8. The molecule has 3 rings (SSSR count). The van der Waals surface area contributed by atoms with Gasteiger partial charge in [0, 0.05) is 30.5 Å². The normalized spacial score (nSPS) is 16.9. The number of nitrogens with zero attached hydrogens (tertiary/aromatic N) is 1. The highest BCUT2D eigenvalue weighted by atomic mass is 35.5. The predicted octanol–water partition coefficient (Wildman–Crippen LogP) is 3.80. The van der Waals surface area contributed by atoms with E-state index in [-0.39, 0.29) is 17.9 Å². The highest BCUT2D eigenvalue weighted by Crippen LogP contribution is 2.28. The van der Waals surface area contributed by atoms with Crippen LogP contribution in [0.2, 0.25) is 5.02 Å². The van der Waals surface area contributed by atoms with Crippen LogP contribution in [0.3, 0.4) is 0 Å². The molecule has 6 nitrogen and oxygen atoms in total. The summed E-state index contributed by atoms with van der Waals surface area (Å²) < 4.78 is 0.968. The van der Waals surface area contributed by atoms with Crippen molar-refractivity contribution in [2.75, 3.05) is 6.54 Å². The number of aromatic nitrogens is 1. The first-order valence-corrected chi connectivity index (χ1v) is 12.0. The van der Waals surface area contributed by atoms with Crippen molar-refractivity contribution in [2.24, 2.45) is 11.7 Å². The van der Waals surface area contributed by atoms with Crippen molar-refractivity contribution in [2.45, 2.75) is 70.4 Å². The van der Waals surface area contributed by atoms with Gasteiger partial charge in [0.05, 0.1) is 15.2 Å². The first kappa shape index (κ1) is 23.0. The molecule has 0 aliphatic heterocycles. The van der Waals surface area contributed by atoms with E-state index in [1.54, 1.807) is 13.0 Å². The number of halogens is 1. The van der Waals surface area contributed by atoms with Crippen LogP contribution in [-0.4, -0.2) is 35.4 Å². The van der Waals surface area contributed by atoms with Gasteiger partial charge in [-0.3, -0.25) is 9.59 Å². The number of fused-ring (bicyclic) bond motifs is 1. The Kier molecular flexibility index (Phi) is 8.48. The first-order chi connectivity index (χ1) is 14.5. The minimum absolute atomic E-state index is 0.0733. The smallest absolute Gasteiger partial charge is 0.243 e. The van der Waals surface area contributed by atoms with E-state index >= 15 is 0 Å². The van der Waals surface area contributed by atoms with E-state index in [0.717, 1.165) is 21.6 Å². The van der Waals surface area contributed by atoms with Gasteiger partial charge in [-0.2, -0.15) is 0 Å². The van der Waals surface area contributed by atoms with Crippen LogP contribution in [0, 0.1) is 5.92 Å². The second-order valence-electron chi connectivity index (χ2n) is 8.08. The Bertz CT molecular complexity index is 866. The molecule has 30 heavy (non-hydrogen) atoms. The second-order valence-corrected chi connectivity index (χ2v) is 9.63. The number of amides is 2. The van der Waals surface area contributed by atoms with E-state index in [2.05, 4.69) is 15.6 Å². The molecular weight excluding hydrogens is 420 g/mol. The van der Waals surface area contributed by atoms with Gasteiger partial charge < -0.3 is 16.4 Å². The third-order valence-electron chi connectivity index (χ3n) is 5.72. The fourth-order valence-electron chi connectivity index (χ4n) is 4.05. The maximum atomic E-state index is 13.1. The average Bonchev–Trinajstić information content (AvgIpc) is 3.14. The zero-order chi connectivity index (χ0) is 21.5.